The Balaban J connectivity index is 2.33. The SMILES string of the molecule is NC(=O)c1ccc(Cn2cnccc2=O)c(F)c1. The van der Waals surface area contributed by atoms with Crippen molar-refractivity contribution in [2.45, 2.75) is 6.54 Å². The number of nitrogens with two attached hydrogens (primary N) is 1. The van der Waals surface area contributed by atoms with Gasteiger partial charge in [-0.25, -0.2) is 9.37 Å². The average Bonchev–Trinajstić information content (AvgIpc) is 2.34. The van der Waals surface area contributed by atoms with Crippen LogP contribution in [-0.4, -0.2) is 15.5 Å². The van der Waals surface area contributed by atoms with E-state index < -0.39 is 11.7 Å². The molecule has 0 radical (unpaired) electrons. The van der Waals surface area contributed by atoms with Gasteiger partial charge >= 0.3 is 0 Å². The maximum absolute atomic E-state index is 13.7. The van der Waals surface area contributed by atoms with Crippen LogP contribution in [0.4, 0.5) is 4.39 Å². The molecule has 0 aliphatic carbocycles. The Morgan fingerprint density at radius 2 is 2.17 bits per heavy atom. The van der Waals surface area contributed by atoms with Gasteiger partial charge in [-0.1, -0.05) is 6.07 Å². The van der Waals surface area contributed by atoms with Crippen LogP contribution in [0, 0.1) is 5.82 Å². The van der Waals surface area contributed by atoms with Crippen LogP contribution in [0.25, 0.3) is 0 Å². The quantitative estimate of drug-likeness (QED) is 0.859. The predicted octanol–water partition coefficient (Wildman–Crippen LogP) is 0.530. The van der Waals surface area contributed by atoms with Crippen LogP contribution in [0.5, 0.6) is 0 Å². The normalized spacial score (nSPS) is 10.3. The van der Waals surface area contributed by atoms with Crippen molar-refractivity contribution in [2.24, 2.45) is 5.73 Å². The maximum Gasteiger partial charge on any atom is 0.253 e. The molecule has 1 amide bonds. The second-order valence-electron chi connectivity index (χ2n) is 3.72. The summed E-state index contributed by atoms with van der Waals surface area (Å²) in [6.07, 6.45) is 2.69. The lowest BCUT2D eigenvalue weighted by molar-refractivity contribution is 0.1000. The lowest BCUT2D eigenvalue weighted by Crippen LogP contribution is -2.20. The molecule has 0 saturated carbocycles. The fourth-order valence-corrected chi connectivity index (χ4v) is 1.51. The molecule has 0 bridgehead atoms. The van der Waals surface area contributed by atoms with Crippen LogP contribution in [0.1, 0.15) is 15.9 Å². The van der Waals surface area contributed by atoms with E-state index in [0.29, 0.717) is 0 Å². The number of halogens is 1. The summed E-state index contributed by atoms with van der Waals surface area (Å²) in [4.78, 5) is 26.1. The first-order valence-corrected chi connectivity index (χ1v) is 5.16. The zero-order chi connectivity index (χ0) is 13.1. The highest BCUT2D eigenvalue weighted by atomic mass is 19.1. The van der Waals surface area contributed by atoms with Gasteiger partial charge in [0.15, 0.2) is 0 Å². The van der Waals surface area contributed by atoms with Crippen molar-refractivity contribution in [3.63, 3.8) is 0 Å². The van der Waals surface area contributed by atoms with Gasteiger partial charge in [-0.15, -0.1) is 0 Å². The van der Waals surface area contributed by atoms with E-state index in [1.54, 1.807) is 0 Å². The highest BCUT2D eigenvalue weighted by molar-refractivity contribution is 5.92. The molecule has 92 valence electrons. The summed E-state index contributed by atoms with van der Waals surface area (Å²) in [7, 11) is 0. The van der Waals surface area contributed by atoms with E-state index in [-0.39, 0.29) is 23.2 Å². The van der Waals surface area contributed by atoms with E-state index in [1.807, 2.05) is 0 Å². The van der Waals surface area contributed by atoms with Crippen molar-refractivity contribution in [1.82, 2.24) is 9.55 Å². The Kier molecular flexibility index (Phi) is 3.18. The number of aromatic nitrogens is 2. The summed E-state index contributed by atoms with van der Waals surface area (Å²) < 4.78 is 15.0. The van der Waals surface area contributed by atoms with Crippen LogP contribution in [0.3, 0.4) is 0 Å². The molecular weight excluding hydrogens is 237 g/mol. The third-order valence-corrected chi connectivity index (χ3v) is 2.47. The maximum atomic E-state index is 13.7. The number of carbonyl (C=O) groups excluding carboxylic acids is 1. The van der Waals surface area contributed by atoms with Crippen molar-refractivity contribution in [1.29, 1.82) is 0 Å². The number of amides is 1. The molecule has 2 rings (SSSR count). The minimum atomic E-state index is -0.695. The summed E-state index contributed by atoms with van der Waals surface area (Å²) in [5.74, 6) is -1.28. The van der Waals surface area contributed by atoms with Gasteiger partial charge in [-0.05, 0) is 12.1 Å². The second-order valence-corrected chi connectivity index (χ2v) is 3.72. The first-order valence-electron chi connectivity index (χ1n) is 5.16. The van der Waals surface area contributed by atoms with E-state index in [4.69, 9.17) is 5.73 Å². The van der Waals surface area contributed by atoms with Gasteiger partial charge in [0.05, 0.1) is 12.9 Å². The van der Waals surface area contributed by atoms with Crippen LogP contribution in [-0.2, 0) is 6.54 Å². The average molecular weight is 247 g/mol. The Morgan fingerprint density at radius 1 is 1.39 bits per heavy atom. The first-order chi connectivity index (χ1) is 8.58. The van der Waals surface area contributed by atoms with Crippen LogP contribution in [0.15, 0.2) is 41.6 Å². The number of nitrogens with zero attached hydrogens (tertiary/aromatic N) is 2. The van der Waals surface area contributed by atoms with Crippen LogP contribution >= 0.6 is 0 Å². The third kappa shape index (κ3) is 2.42. The molecule has 0 saturated heterocycles. The molecule has 0 fully saturated rings. The second kappa shape index (κ2) is 4.79. The minimum absolute atomic E-state index is 0.0531. The Morgan fingerprint density at radius 3 is 2.78 bits per heavy atom. The van der Waals surface area contributed by atoms with E-state index in [2.05, 4.69) is 4.98 Å². The molecule has 0 spiro atoms. The monoisotopic (exact) mass is 247 g/mol. The number of hydrogen-bond acceptors (Lipinski definition) is 3. The highest BCUT2D eigenvalue weighted by Gasteiger charge is 2.08. The standard InChI is InChI=1S/C12H10FN3O2/c13-10-5-8(12(14)18)1-2-9(10)6-16-7-15-4-3-11(16)17/h1-5,7H,6H2,(H2,14,18). The van der Waals surface area contributed by atoms with Crippen molar-refractivity contribution in [2.75, 3.05) is 0 Å². The first kappa shape index (κ1) is 12.0. The minimum Gasteiger partial charge on any atom is -0.366 e. The van der Waals surface area contributed by atoms with E-state index in [1.165, 1.54) is 35.3 Å². The van der Waals surface area contributed by atoms with Gasteiger partial charge < -0.3 is 5.73 Å². The zero-order valence-electron chi connectivity index (χ0n) is 9.34. The molecular formula is C12H10FN3O2. The van der Waals surface area contributed by atoms with Crippen LogP contribution < -0.4 is 11.3 Å². The molecule has 0 aliphatic heterocycles. The molecule has 0 aliphatic rings. The topological polar surface area (TPSA) is 78.0 Å². The van der Waals surface area contributed by atoms with Crippen molar-refractivity contribution < 1.29 is 9.18 Å². The number of hydrogen-bond donors (Lipinski definition) is 1. The molecule has 18 heavy (non-hydrogen) atoms. The largest absolute Gasteiger partial charge is 0.366 e. The number of rotatable bonds is 3. The summed E-state index contributed by atoms with van der Waals surface area (Å²) in [6, 6.07) is 5.19. The number of benzene rings is 1. The van der Waals surface area contributed by atoms with Gasteiger partial charge in [-0.3, -0.25) is 14.2 Å². The molecule has 0 atom stereocenters. The summed E-state index contributed by atoms with van der Waals surface area (Å²) in [5, 5.41) is 0. The van der Waals surface area contributed by atoms with Crippen molar-refractivity contribution in [3.8, 4) is 0 Å². The molecule has 2 N–H and O–H groups in total. The molecule has 2 aromatic rings. The van der Waals surface area contributed by atoms with Crippen molar-refractivity contribution >= 4 is 5.91 Å². The lowest BCUT2D eigenvalue weighted by Gasteiger charge is -2.06. The van der Waals surface area contributed by atoms with Gasteiger partial charge in [0.25, 0.3) is 5.56 Å². The number of carbonyl (C=O) groups is 1. The predicted molar refractivity (Wildman–Crippen MR) is 62.5 cm³/mol. The zero-order valence-corrected chi connectivity index (χ0v) is 9.34. The summed E-state index contributed by atoms with van der Waals surface area (Å²) >= 11 is 0. The Bertz CT molecular complexity index is 652. The van der Waals surface area contributed by atoms with E-state index in [0.717, 1.165) is 6.07 Å². The smallest absolute Gasteiger partial charge is 0.253 e. The molecule has 5 nitrogen and oxygen atoms in total. The van der Waals surface area contributed by atoms with Crippen LogP contribution in [0.2, 0.25) is 0 Å². The molecule has 1 aromatic carbocycles. The molecule has 6 heteroatoms. The fraction of sp³-hybridized carbons (Fsp3) is 0.0833. The van der Waals surface area contributed by atoms with Gasteiger partial charge in [0, 0.05) is 23.4 Å². The number of primary amides is 1. The Hall–Kier alpha value is -2.50. The summed E-state index contributed by atoms with van der Waals surface area (Å²) in [6.45, 7) is 0.0531. The lowest BCUT2D eigenvalue weighted by atomic mass is 10.1. The van der Waals surface area contributed by atoms with E-state index >= 15 is 0 Å². The van der Waals surface area contributed by atoms with Crippen molar-refractivity contribution in [3.05, 3.63) is 64.1 Å². The molecule has 1 heterocycles. The summed E-state index contributed by atoms with van der Waals surface area (Å²) in [5.41, 5.74) is 5.14. The third-order valence-electron chi connectivity index (χ3n) is 2.47. The van der Waals surface area contributed by atoms with Gasteiger partial charge in [0.2, 0.25) is 5.91 Å². The van der Waals surface area contributed by atoms with Gasteiger partial charge in [-0.2, -0.15) is 0 Å². The van der Waals surface area contributed by atoms with Gasteiger partial charge in [0.1, 0.15) is 5.82 Å². The molecule has 1 aromatic heterocycles. The highest BCUT2D eigenvalue weighted by Crippen LogP contribution is 2.11. The Labute approximate surface area is 102 Å². The molecule has 0 unspecified atom stereocenters. The van der Waals surface area contributed by atoms with E-state index in [9.17, 15) is 14.0 Å². The fourth-order valence-electron chi connectivity index (χ4n) is 1.51.